The first kappa shape index (κ1) is 19.4. The Morgan fingerprint density at radius 3 is 2.66 bits per heavy atom. The van der Waals surface area contributed by atoms with Crippen molar-refractivity contribution in [1.29, 1.82) is 0 Å². The summed E-state index contributed by atoms with van der Waals surface area (Å²) in [6.07, 6.45) is 1.23. The maximum Gasteiger partial charge on any atom is 0.234 e. The molecule has 0 bridgehead atoms. The van der Waals surface area contributed by atoms with Gasteiger partial charge in [-0.3, -0.25) is 19.7 Å². The largest absolute Gasteiger partial charge is 0.368 e. The van der Waals surface area contributed by atoms with E-state index in [-0.39, 0.29) is 24.0 Å². The van der Waals surface area contributed by atoms with Gasteiger partial charge in [-0.15, -0.1) is 0 Å². The van der Waals surface area contributed by atoms with Crippen LogP contribution in [0.4, 0.5) is 0 Å². The van der Waals surface area contributed by atoms with E-state index in [0.717, 1.165) is 22.2 Å². The smallest absolute Gasteiger partial charge is 0.234 e. The number of para-hydroxylation sites is 1. The first-order valence-electron chi connectivity index (χ1n) is 9.99. The van der Waals surface area contributed by atoms with Crippen molar-refractivity contribution < 1.29 is 14.4 Å². The summed E-state index contributed by atoms with van der Waals surface area (Å²) in [5.41, 5.74) is 9.61. The average Bonchev–Trinajstić information content (AvgIpc) is 3.06. The molecule has 2 aromatic rings. The van der Waals surface area contributed by atoms with Gasteiger partial charge in [0.1, 0.15) is 0 Å². The molecule has 0 aliphatic carbocycles. The molecule has 3 atom stereocenters. The Kier molecular flexibility index (Phi) is 4.78. The van der Waals surface area contributed by atoms with Gasteiger partial charge in [-0.05, 0) is 31.4 Å². The minimum Gasteiger partial charge on any atom is -0.368 e. The Labute approximate surface area is 169 Å². The third-order valence-corrected chi connectivity index (χ3v) is 6.36. The van der Waals surface area contributed by atoms with E-state index < -0.39 is 18.0 Å². The number of carbonyl (C=O) groups excluding carboxylic acids is 3. The van der Waals surface area contributed by atoms with Gasteiger partial charge in [0.05, 0.1) is 12.1 Å². The van der Waals surface area contributed by atoms with Crippen molar-refractivity contribution >= 4 is 28.5 Å². The lowest BCUT2D eigenvalue weighted by Gasteiger charge is -2.32. The molecule has 3 unspecified atom stereocenters. The molecule has 1 aromatic carbocycles. The van der Waals surface area contributed by atoms with E-state index in [4.69, 9.17) is 5.73 Å². The number of hydrogen-bond acceptors (Lipinski definition) is 4. The average molecular weight is 394 g/mol. The van der Waals surface area contributed by atoms with Gasteiger partial charge in [0, 0.05) is 47.3 Å². The van der Waals surface area contributed by atoms with Crippen molar-refractivity contribution in [2.45, 2.75) is 45.2 Å². The lowest BCUT2D eigenvalue weighted by atomic mass is 9.83. The van der Waals surface area contributed by atoms with Gasteiger partial charge in [-0.25, -0.2) is 0 Å². The van der Waals surface area contributed by atoms with Crippen molar-refractivity contribution in [3.63, 3.8) is 0 Å². The number of H-pyrrole nitrogens is 1. The topological polar surface area (TPSA) is 108 Å². The lowest BCUT2D eigenvalue weighted by Crippen LogP contribution is -2.49. The van der Waals surface area contributed by atoms with Gasteiger partial charge in [0.15, 0.2) is 5.78 Å². The molecule has 2 amide bonds. The normalized spacial score (nSPS) is 25.3. The van der Waals surface area contributed by atoms with Crippen LogP contribution in [0.15, 0.2) is 35.5 Å². The number of aromatic amines is 1. The molecule has 0 fully saturated rings. The molecule has 152 valence electrons. The zero-order valence-electron chi connectivity index (χ0n) is 16.9. The minimum atomic E-state index is -0.593. The Hall–Kier alpha value is -2.93. The Morgan fingerprint density at radius 2 is 1.97 bits per heavy atom. The predicted octanol–water partition coefficient (Wildman–Crippen LogP) is 1.94. The van der Waals surface area contributed by atoms with Crippen molar-refractivity contribution in [2.24, 2.45) is 11.7 Å². The van der Waals surface area contributed by atoms with Crippen molar-refractivity contribution in [1.82, 2.24) is 15.2 Å². The Morgan fingerprint density at radius 1 is 1.24 bits per heavy atom. The number of carbonyl (C=O) groups is 3. The van der Waals surface area contributed by atoms with Crippen LogP contribution in [0.2, 0.25) is 0 Å². The van der Waals surface area contributed by atoms with E-state index in [9.17, 15) is 14.4 Å². The van der Waals surface area contributed by atoms with Crippen molar-refractivity contribution in [3.8, 4) is 0 Å². The second-order valence-electron chi connectivity index (χ2n) is 7.95. The highest BCUT2D eigenvalue weighted by atomic mass is 16.2. The number of fused-ring (bicyclic) bond motifs is 3. The van der Waals surface area contributed by atoms with Gasteiger partial charge in [0.2, 0.25) is 11.8 Å². The molecule has 0 spiro atoms. The van der Waals surface area contributed by atoms with Gasteiger partial charge >= 0.3 is 0 Å². The number of nitrogens with one attached hydrogen (secondary N) is 2. The number of nitrogens with two attached hydrogens (primary N) is 1. The quantitative estimate of drug-likeness (QED) is 0.739. The Balaban J connectivity index is 1.94. The van der Waals surface area contributed by atoms with Gasteiger partial charge in [-0.2, -0.15) is 0 Å². The first-order valence-corrected chi connectivity index (χ1v) is 9.99. The second-order valence-corrected chi connectivity index (χ2v) is 7.95. The molecule has 2 aliphatic rings. The molecule has 4 rings (SSSR count). The van der Waals surface area contributed by atoms with E-state index >= 15 is 0 Å². The fourth-order valence-electron chi connectivity index (χ4n) is 4.53. The summed E-state index contributed by atoms with van der Waals surface area (Å²) >= 11 is 0. The summed E-state index contributed by atoms with van der Waals surface area (Å²) in [6, 6.07) is 6.76. The number of Topliss-reactive ketones (excluding diaryl/α,β-unsaturated/α-hetero) is 1. The summed E-state index contributed by atoms with van der Waals surface area (Å²) in [5, 5.41) is 4.31. The fraction of sp³-hybridized carbons (Fsp3) is 0.409. The number of primary amides is 1. The van der Waals surface area contributed by atoms with Crippen LogP contribution in [0, 0.1) is 5.92 Å². The minimum absolute atomic E-state index is 0.0464. The molecule has 7 heteroatoms. The van der Waals surface area contributed by atoms with Crippen LogP contribution in [-0.4, -0.2) is 40.6 Å². The van der Waals surface area contributed by atoms with Crippen LogP contribution < -0.4 is 11.1 Å². The number of benzene rings is 1. The zero-order chi connectivity index (χ0) is 20.9. The van der Waals surface area contributed by atoms with Gasteiger partial charge in [-0.1, -0.05) is 25.1 Å². The molecule has 1 aromatic heterocycles. The van der Waals surface area contributed by atoms with Gasteiger partial charge in [0.25, 0.3) is 0 Å². The standard InChI is InChI=1S/C22H26N4O3/c1-4-12-9-17(27)26(3)11(2)18(21(12)28)20-19-14(10-16(25-20)22(23)29)13-7-5-6-8-15(13)24-19/h5-8,12,16,20,24-25H,4,9-10H2,1-3H3,(H2,23,29). The molecule has 4 N–H and O–H groups in total. The van der Waals surface area contributed by atoms with Crippen LogP contribution >= 0.6 is 0 Å². The lowest BCUT2D eigenvalue weighted by molar-refractivity contribution is -0.131. The number of ketones is 1. The summed E-state index contributed by atoms with van der Waals surface area (Å²) in [6.45, 7) is 3.71. The maximum atomic E-state index is 13.5. The Bertz CT molecular complexity index is 1050. The van der Waals surface area contributed by atoms with Crippen molar-refractivity contribution in [2.75, 3.05) is 7.05 Å². The molecule has 0 saturated carbocycles. The summed E-state index contributed by atoms with van der Waals surface area (Å²) in [7, 11) is 1.70. The molecule has 7 nitrogen and oxygen atoms in total. The highest BCUT2D eigenvalue weighted by Crippen LogP contribution is 2.39. The highest BCUT2D eigenvalue weighted by molar-refractivity contribution is 6.03. The summed E-state index contributed by atoms with van der Waals surface area (Å²) < 4.78 is 0. The molecule has 2 aliphatic heterocycles. The number of allylic oxidation sites excluding steroid dienone is 1. The van der Waals surface area contributed by atoms with Crippen LogP contribution in [-0.2, 0) is 20.8 Å². The number of nitrogens with zero attached hydrogens (tertiary/aromatic N) is 1. The molecule has 0 saturated heterocycles. The van der Waals surface area contributed by atoms with Crippen LogP contribution in [0.25, 0.3) is 10.9 Å². The number of amides is 2. The maximum absolute atomic E-state index is 13.5. The van der Waals surface area contributed by atoms with Crippen LogP contribution in [0.1, 0.15) is 44.0 Å². The summed E-state index contributed by atoms with van der Waals surface area (Å²) in [4.78, 5) is 43.1. The van der Waals surface area contributed by atoms with Crippen molar-refractivity contribution in [3.05, 3.63) is 46.8 Å². The molecular weight excluding hydrogens is 368 g/mol. The van der Waals surface area contributed by atoms with E-state index in [1.165, 1.54) is 0 Å². The van der Waals surface area contributed by atoms with Crippen LogP contribution in [0.3, 0.4) is 0 Å². The molecule has 29 heavy (non-hydrogen) atoms. The van der Waals surface area contributed by atoms with Gasteiger partial charge < -0.3 is 15.6 Å². The van der Waals surface area contributed by atoms with E-state index in [1.54, 1.807) is 18.9 Å². The second kappa shape index (κ2) is 7.15. The van der Waals surface area contributed by atoms with Crippen LogP contribution in [0.5, 0.6) is 0 Å². The fourth-order valence-corrected chi connectivity index (χ4v) is 4.53. The SMILES string of the molecule is CCC1CC(=O)N(C)C(C)=C(C2NC(C(N)=O)Cc3c2[nH]c2ccccc32)C1=O. The third-order valence-electron chi connectivity index (χ3n) is 6.36. The third kappa shape index (κ3) is 3.06. The highest BCUT2D eigenvalue weighted by Gasteiger charge is 2.41. The summed E-state index contributed by atoms with van der Waals surface area (Å²) in [5.74, 6) is -0.950. The van der Waals surface area contributed by atoms with E-state index in [1.807, 2.05) is 31.2 Å². The monoisotopic (exact) mass is 394 g/mol. The molecule has 0 radical (unpaired) electrons. The molecular formula is C22H26N4O3. The van der Waals surface area contributed by atoms with E-state index in [2.05, 4.69) is 10.3 Å². The molecule has 3 heterocycles. The zero-order valence-corrected chi connectivity index (χ0v) is 16.9. The number of rotatable bonds is 3. The first-order chi connectivity index (χ1) is 13.8. The number of hydrogen-bond donors (Lipinski definition) is 3. The predicted molar refractivity (Wildman–Crippen MR) is 110 cm³/mol. The van der Waals surface area contributed by atoms with E-state index in [0.29, 0.717) is 24.1 Å². The number of aromatic nitrogens is 1.